The van der Waals surface area contributed by atoms with Gasteiger partial charge in [0.2, 0.25) is 0 Å². The van der Waals surface area contributed by atoms with Crippen LogP contribution in [-0.4, -0.2) is 7.11 Å². The normalized spacial score (nSPS) is 11.6. The maximum Gasteiger partial charge on any atom is 0.124 e. The predicted molar refractivity (Wildman–Crippen MR) is 76.0 cm³/mol. The van der Waals surface area contributed by atoms with Gasteiger partial charge in [-0.1, -0.05) is 42.5 Å². The van der Waals surface area contributed by atoms with Crippen LogP contribution in [0.1, 0.15) is 11.6 Å². The van der Waals surface area contributed by atoms with Crippen LogP contribution < -0.4 is 10.1 Å². The molecule has 2 heteroatoms. The number of para-hydroxylation sites is 2. The Morgan fingerprint density at radius 3 is 2.39 bits per heavy atom. The van der Waals surface area contributed by atoms with Gasteiger partial charge in [-0.3, -0.25) is 0 Å². The van der Waals surface area contributed by atoms with Crippen LogP contribution in [0.4, 0.5) is 5.69 Å². The van der Waals surface area contributed by atoms with E-state index in [0.717, 1.165) is 17.0 Å². The highest BCUT2D eigenvalue weighted by Gasteiger charge is 2.11. The van der Waals surface area contributed by atoms with Crippen LogP contribution in [0.5, 0.6) is 5.75 Å². The molecule has 0 saturated carbocycles. The number of benzene rings is 2. The van der Waals surface area contributed by atoms with Crippen molar-refractivity contribution in [1.82, 2.24) is 0 Å². The third-order valence-corrected chi connectivity index (χ3v) is 2.81. The molecular formula is C16H17NO. The molecule has 2 nitrogen and oxygen atoms in total. The molecule has 0 heterocycles. The lowest BCUT2D eigenvalue weighted by molar-refractivity contribution is 0.409. The molecular weight excluding hydrogens is 222 g/mol. The van der Waals surface area contributed by atoms with Crippen molar-refractivity contribution in [2.45, 2.75) is 6.04 Å². The van der Waals surface area contributed by atoms with Crippen LogP contribution in [0.3, 0.4) is 0 Å². The van der Waals surface area contributed by atoms with E-state index in [4.69, 9.17) is 4.74 Å². The van der Waals surface area contributed by atoms with Gasteiger partial charge >= 0.3 is 0 Å². The first kappa shape index (κ1) is 12.2. The smallest absolute Gasteiger partial charge is 0.124 e. The van der Waals surface area contributed by atoms with Crippen LogP contribution in [0.25, 0.3) is 0 Å². The minimum atomic E-state index is 0.0311. The second-order valence-corrected chi connectivity index (χ2v) is 3.97. The fourth-order valence-corrected chi connectivity index (χ4v) is 1.90. The Kier molecular flexibility index (Phi) is 4.02. The molecule has 2 aromatic rings. The summed E-state index contributed by atoms with van der Waals surface area (Å²) in [5.41, 5.74) is 2.15. The Hall–Kier alpha value is -2.22. The zero-order valence-electron chi connectivity index (χ0n) is 10.5. The lowest BCUT2D eigenvalue weighted by Crippen LogP contribution is -2.09. The third kappa shape index (κ3) is 2.72. The van der Waals surface area contributed by atoms with E-state index in [1.165, 1.54) is 0 Å². The molecule has 92 valence electrons. The van der Waals surface area contributed by atoms with Crippen molar-refractivity contribution in [3.63, 3.8) is 0 Å². The van der Waals surface area contributed by atoms with E-state index in [1.54, 1.807) is 7.11 Å². The molecule has 0 aliphatic heterocycles. The van der Waals surface area contributed by atoms with E-state index in [9.17, 15) is 0 Å². The van der Waals surface area contributed by atoms with Gasteiger partial charge in [0, 0.05) is 11.3 Å². The average Bonchev–Trinajstić information content (AvgIpc) is 2.46. The molecule has 0 amide bonds. The van der Waals surface area contributed by atoms with Gasteiger partial charge in [-0.2, -0.15) is 0 Å². The zero-order valence-corrected chi connectivity index (χ0v) is 10.5. The molecule has 1 unspecified atom stereocenters. The lowest BCUT2D eigenvalue weighted by atomic mass is 10.1. The topological polar surface area (TPSA) is 21.3 Å². The van der Waals surface area contributed by atoms with E-state index in [1.807, 2.05) is 60.7 Å². The van der Waals surface area contributed by atoms with Crippen molar-refractivity contribution in [2.75, 3.05) is 12.4 Å². The summed E-state index contributed by atoms with van der Waals surface area (Å²) < 4.78 is 5.38. The van der Waals surface area contributed by atoms with Crippen LogP contribution in [0.15, 0.2) is 67.3 Å². The highest BCUT2D eigenvalue weighted by atomic mass is 16.5. The maximum absolute atomic E-state index is 5.38. The number of methoxy groups -OCH3 is 1. The van der Waals surface area contributed by atoms with Crippen LogP contribution in [-0.2, 0) is 0 Å². The maximum atomic E-state index is 5.38. The second kappa shape index (κ2) is 5.92. The van der Waals surface area contributed by atoms with Crippen molar-refractivity contribution in [1.29, 1.82) is 0 Å². The molecule has 0 fully saturated rings. The molecule has 0 saturated heterocycles. The summed E-state index contributed by atoms with van der Waals surface area (Å²) in [6.45, 7) is 3.89. The Balaban J connectivity index is 2.26. The van der Waals surface area contributed by atoms with Gasteiger partial charge in [0.05, 0.1) is 13.2 Å². The largest absolute Gasteiger partial charge is 0.496 e. The minimum absolute atomic E-state index is 0.0311. The van der Waals surface area contributed by atoms with E-state index in [2.05, 4.69) is 11.9 Å². The van der Waals surface area contributed by atoms with Crippen LogP contribution in [0.2, 0.25) is 0 Å². The van der Waals surface area contributed by atoms with Gasteiger partial charge < -0.3 is 10.1 Å². The van der Waals surface area contributed by atoms with Gasteiger partial charge in [-0.15, -0.1) is 6.58 Å². The summed E-state index contributed by atoms with van der Waals surface area (Å²) in [5.74, 6) is 0.867. The Morgan fingerprint density at radius 2 is 1.72 bits per heavy atom. The molecule has 18 heavy (non-hydrogen) atoms. The first-order valence-electron chi connectivity index (χ1n) is 5.92. The van der Waals surface area contributed by atoms with Gasteiger partial charge in [0.1, 0.15) is 5.75 Å². The number of nitrogens with one attached hydrogen (secondary N) is 1. The first-order chi connectivity index (χ1) is 8.85. The van der Waals surface area contributed by atoms with Crippen LogP contribution in [0, 0.1) is 0 Å². The molecule has 2 aromatic carbocycles. The van der Waals surface area contributed by atoms with Crippen molar-refractivity contribution in [3.05, 3.63) is 72.8 Å². The highest BCUT2D eigenvalue weighted by molar-refractivity contribution is 5.49. The SMILES string of the molecule is C=CC(Nc1ccccc1)c1ccccc1OC. The number of ether oxygens (including phenoxy) is 1. The molecule has 0 aliphatic rings. The molecule has 0 bridgehead atoms. The van der Waals surface area contributed by atoms with Crippen molar-refractivity contribution >= 4 is 5.69 Å². The summed E-state index contributed by atoms with van der Waals surface area (Å²) in [6, 6.07) is 18.1. The van der Waals surface area contributed by atoms with Crippen molar-refractivity contribution in [3.8, 4) is 5.75 Å². The average molecular weight is 239 g/mol. The summed E-state index contributed by atoms with van der Waals surface area (Å²) in [6.07, 6.45) is 1.88. The van der Waals surface area contributed by atoms with Gasteiger partial charge in [-0.25, -0.2) is 0 Å². The zero-order chi connectivity index (χ0) is 12.8. The fraction of sp³-hybridized carbons (Fsp3) is 0.125. The second-order valence-electron chi connectivity index (χ2n) is 3.97. The van der Waals surface area contributed by atoms with E-state index in [-0.39, 0.29) is 6.04 Å². The minimum Gasteiger partial charge on any atom is -0.496 e. The third-order valence-electron chi connectivity index (χ3n) is 2.81. The standard InChI is InChI=1S/C16H17NO/c1-3-15(17-13-9-5-4-6-10-13)14-11-7-8-12-16(14)18-2/h3-12,15,17H,1H2,2H3. The van der Waals surface area contributed by atoms with Crippen molar-refractivity contribution < 1.29 is 4.74 Å². The summed E-state index contributed by atoms with van der Waals surface area (Å²) in [5, 5.41) is 3.42. The predicted octanol–water partition coefficient (Wildman–Crippen LogP) is 4.03. The first-order valence-corrected chi connectivity index (χ1v) is 5.92. The summed E-state index contributed by atoms with van der Waals surface area (Å²) in [4.78, 5) is 0. The number of hydrogen-bond donors (Lipinski definition) is 1. The van der Waals surface area contributed by atoms with Gasteiger partial charge in [-0.05, 0) is 18.2 Å². The van der Waals surface area contributed by atoms with E-state index < -0.39 is 0 Å². The van der Waals surface area contributed by atoms with E-state index in [0.29, 0.717) is 0 Å². The molecule has 1 atom stereocenters. The molecule has 0 radical (unpaired) electrons. The Labute approximate surface area is 108 Å². The highest BCUT2D eigenvalue weighted by Crippen LogP contribution is 2.28. The molecule has 0 aliphatic carbocycles. The molecule has 0 aromatic heterocycles. The van der Waals surface area contributed by atoms with Gasteiger partial charge in [0.25, 0.3) is 0 Å². The Morgan fingerprint density at radius 1 is 1.06 bits per heavy atom. The number of hydrogen-bond acceptors (Lipinski definition) is 2. The fourth-order valence-electron chi connectivity index (χ4n) is 1.90. The molecule has 0 spiro atoms. The summed E-state index contributed by atoms with van der Waals surface area (Å²) in [7, 11) is 1.68. The number of anilines is 1. The Bertz CT molecular complexity index is 508. The summed E-state index contributed by atoms with van der Waals surface area (Å²) >= 11 is 0. The number of rotatable bonds is 5. The molecule has 2 rings (SSSR count). The van der Waals surface area contributed by atoms with Crippen molar-refractivity contribution in [2.24, 2.45) is 0 Å². The van der Waals surface area contributed by atoms with Gasteiger partial charge in [0.15, 0.2) is 0 Å². The molecule has 1 N–H and O–H groups in total. The monoisotopic (exact) mass is 239 g/mol. The lowest BCUT2D eigenvalue weighted by Gasteiger charge is -2.19. The van der Waals surface area contributed by atoms with E-state index >= 15 is 0 Å². The quantitative estimate of drug-likeness (QED) is 0.795. The van der Waals surface area contributed by atoms with Crippen LogP contribution >= 0.6 is 0 Å².